The van der Waals surface area contributed by atoms with E-state index >= 15 is 0 Å². The molecule has 1 aromatic carbocycles. The zero-order valence-electron chi connectivity index (χ0n) is 13.9. The summed E-state index contributed by atoms with van der Waals surface area (Å²) < 4.78 is 5.32. The molecule has 0 bridgehead atoms. The van der Waals surface area contributed by atoms with Gasteiger partial charge in [0.1, 0.15) is 11.6 Å². The number of aromatic nitrogens is 1. The van der Waals surface area contributed by atoms with Gasteiger partial charge in [-0.2, -0.15) is 0 Å². The number of carbonyl (C=O) groups is 2. The van der Waals surface area contributed by atoms with Crippen LogP contribution >= 0.6 is 0 Å². The van der Waals surface area contributed by atoms with Crippen LogP contribution in [0, 0.1) is 5.92 Å². The van der Waals surface area contributed by atoms with Crippen LogP contribution in [-0.4, -0.2) is 41.9 Å². The molecule has 7 nitrogen and oxygen atoms in total. The molecule has 130 valence electrons. The van der Waals surface area contributed by atoms with Gasteiger partial charge in [-0.1, -0.05) is 12.1 Å². The molecule has 1 atom stereocenters. The van der Waals surface area contributed by atoms with Gasteiger partial charge in [-0.25, -0.2) is 4.98 Å². The van der Waals surface area contributed by atoms with E-state index in [2.05, 4.69) is 10.3 Å². The van der Waals surface area contributed by atoms with Gasteiger partial charge in [0, 0.05) is 19.3 Å². The fraction of sp³-hybridized carbons (Fsp3) is 0.278. The number of nitrogens with two attached hydrogens (primary N) is 1. The number of hydrogen-bond donors (Lipinski definition) is 2. The minimum Gasteiger partial charge on any atom is -0.495 e. The van der Waals surface area contributed by atoms with E-state index in [1.165, 1.54) is 0 Å². The lowest BCUT2D eigenvalue weighted by Crippen LogP contribution is -2.32. The normalized spacial score (nSPS) is 16.5. The Bertz CT molecular complexity index is 793. The monoisotopic (exact) mass is 340 g/mol. The molecule has 0 saturated carbocycles. The minimum absolute atomic E-state index is 0.172. The number of nitrogens with one attached hydrogen (secondary N) is 1. The Morgan fingerprint density at radius 2 is 2.08 bits per heavy atom. The predicted octanol–water partition coefficient (Wildman–Crippen LogP) is 1.78. The number of methoxy groups -OCH3 is 1. The zero-order chi connectivity index (χ0) is 17.8. The summed E-state index contributed by atoms with van der Waals surface area (Å²) >= 11 is 0. The van der Waals surface area contributed by atoms with Crippen LogP contribution in [0.3, 0.4) is 0 Å². The van der Waals surface area contributed by atoms with Crippen LogP contribution < -0.4 is 15.8 Å². The van der Waals surface area contributed by atoms with Crippen LogP contribution in [0.15, 0.2) is 42.6 Å². The fourth-order valence-electron chi connectivity index (χ4n) is 2.90. The van der Waals surface area contributed by atoms with E-state index in [-0.39, 0.29) is 17.7 Å². The summed E-state index contributed by atoms with van der Waals surface area (Å²) in [7, 11) is 1.58. The summed E-state index contributed by atoms with van der Waals surface area (Å²) in [4.78, 5) is 30.1. The van der Waals surface area contributed by atoms with E-state index in [4.69, 9.17) is 10.5 Å². The van der Waals surface area contributed by atoms with Gasteiger partial charge >= 0.3 is 0 Å². The summed E-state index contributed by atoms with van der Waals surface area (Å²) in [6.07, 6.45) is 2.21. The summed E-state index contributed by atoms with van der Waals surface area (Å²) in [5, 5.41) is 3.16. The average molecular weight is 340 g/mol. The maximum atomic E-state index is 12.8. The molecule has 0 spiro atoms. The number of hydrogen-bond acceptors (Lipinski definition) is 5. The number of ether oxygens (including phenoxy) is 1. The van der Waals surface area contributed by atoms with Crippen LogP contribution in [-0.2, 0) is 4.79 Å². The maximum Gasteiger partial charge on any atom is 0.257 e. The van der Waals surface area contributed by atoms with Crippen LogP contribution in [0.5, 0.6) is 5.75 Å². The highest BCUT2D eigenvalue weighted by atomic mass is 16.5. The minimum atomic E-state index is -0.367. The van der Waals surface area contributed by atoms with Crippen molar-refractivity contribution in [3.63, 3.8) is 0 Å². The predicted molar refractivity (Wildman–Crippen MR) is 93.7 cm³/mol. The molecule has 0 radical (unpaired) electrons. The van der Waals surface area contributed by atoms with Crippen molar-refractivity contribution in [2.45, 2.75) is 6.42 Å². The summed E-state index contributed by atoms with van der Waals surface area (Å²) in [6.45, 7) is 0.854. The molecule has 1 aromatic heterocycles. The van der Waals surface area contributed by atoms with Crippen molar-refractivity contribution >= 4 is 23.3 Å². The Kier molecular flexibility index (Phi) is 4.83. The van der Waals surface area contributed by atoms with Crippen molar-refractivity contribution in [2.24, 2.45) is 11.7 Å². The third kappa shape index (κ3) is 3.55. The summed E-state index contributed by atoms with van der Waals surface area (Å²) in [5.41, 5.74) is 6.51. The molecule has 25 heavy (non-hydrogen) atoms. The van der Waals surface area contributed by atoms with Crippen LogP contribution in [0.2, 0.25) is 0 Å². The molecule has 1 aliphatic heterocycles. The second-order valence-corrected chi connectivity index (χ2v) is 5.86. The number of primary amides is 1. The number of amides is 2. The molecule has 1 fully saturated rings. The molecule has 3 N–H and O–H groups in total. The zero-order valence-corrected chi connectivity index (χ0v) is 13.9. The topological polar surface area (TPSA) is 97.6 Å². The third-order valence-corrected chi connectivity index (χ3v) is 4.28. The van der Waals surface area contributed by atoms with Gasteiger partial charge in [0.05, 0.1) is 24.3 Å². The van der Waals surface area contributed by atoms with E-state index in [9.17, 15) is 9.59 Å². The molecule has 3 rings (SSSR count). The van der Waals surface area contributed by atoms with Crippen molar-refractivity contribution in [1.29, 1.82) is 0 Å². The highest BCUT2D eigenvalue weighted by molar-refractivity contribution is 6.00. The first-order chi connectivity index (χ1) is 12.1. The molecule has 1 aliphatic rings. The van der Waals surface area contributed by atoms with E-state index in [0.29, 0.717) is 42.3 Å². The fourth-order valence-corrected chi connectivity index (χ4v) is 2.90. The number of para-hydroxylation sites is 2. The van der Waals surface area contributed by atoms with Gasteiger partial charge in [-0.3, -0.25) is 9.59 Å². The van der Waals surface area contributed by atoms with E-state index in [1.54, 1.807) is 30.3 Å². The SMILES string of the molecule is COc1ccccc1Nc1ncccc1C(=O)N1CC[C@H](C(N)=O)C1. The summed E-state index contributed by atoms with van der Waals surface area (Å²) in [6, 6.07) is 10.8. The van der Waals surface area contributed by atoms with E-state index in [0.717, 1.165) is 0 Å². The smallest absolute Gasteiger partial charge is 0.257 e. The van der Waals surface area contributed by atoms with Gasteiger partial charge in [0.15, 0.2) is 0 Å². The van der Waals surface area contributed by atoms with Crippen LogP contribution in [0.1, 0.15) is 16.8 Å². The highest BCUT2D eigenvalue weighted by Crippen LogP contribution is 2.28. The molecule has 2 heterocycles. The van der Waals surface area contributed by atoms with Crippen LogP contribution in [0.25, 0.3) is 0 Å². The first-order valence-electron chi connectivity index (χ1n) is 8.04. The number of pyridine rings is 1. The Hall–Kier alpha value is -3.09. The van der Waals surface area contributed by atoms with Crippen molar-refractivity contribution < 1.29 is 14.3 Å². The molecular weight excluding hydrogens is 320 g/mol. The van der Waals surface area contributed by atoms with Gasteiger partial charge in [0.25, 0.3) is 5.91 Å². The second kappa shape index (κ2) is 7.21. The van der Waals surface area contributed by atoms with Gasteiger partial charge in [0.2, 0.25) is 5.91 Å². The number of likely N-dealkylation sites (tertiary alicyclic amines) is 1. The molecule has 2 amide bonds. The lowest BCUT2D eigenvalue weighted by molar-refractivity contribution is -0.121. The highest BCUT2D eigenvalue weighted by Gasteiger charge is 2.31. The lowest BCUT2D eigenvalue weighted by Gasteiger charge is -2.18. The first-order valence-corrected chi connectivity index (χ1v) is 8.04. The Labute approximate surface area is 145 Å². The van der Waals surface area contributed by atoms with E-state index in [1.807, 2.05) is 24.3 Å². The molecule has 2 aromatic rings. The number of nitrogens with zero attached hydrogens (tertiary/aromatic N) is 2. The summed E-state index contributed by atoms with van der Waals surface area (Å²) in [5.74, 6) is 0.274. The molecule has 1 saturated heterocycles. The average Bonchev–Trinajstić information content (AvgIpc) is 3.12. The van der Waals surface area contributed by atoms with Gasteiger partial charge < -0.3 is 20.7 Å². The van der Waals surface area contributed by atoms with Gasteiger partial charge in [-0.05, 0) is 30.7 Å². The van der Waals surface area contributed by atoms with E-state index < -0.39 is 0 Å². The largest absolute Gasteiger partial charge is 0.495 e. The standard InChI is InChI=1S/C18H20N4O3/c1-25-15-7-3-2-6-14(15)21-17-13(5-4-9-20-17)18(24)22-10-8-12(11-22)16(19)23/h2-7,9,12H,8,10-11H2,1H3,(H2,19,23)(H,20,21)/t12-/m0/s1. The Morgan fingerprint density at radius 1 is 1.28 bits per heavy atom. The Balaban J connectivity index is 1.84. The Morgan fingerprint density at radius 3 is 2.80 bits per heavy atom. The molecule has 0 aliphatic carbocycles. The number of benzene rings is 1. The molecule has 7 heteroatoms. The number of anilines is 2. The van der Waals surface area contributed by atoms with Crippen molar-refractivity contribution in [3.05, 3.63) is 48.2 Å². The van der Waals surface area contributed by atoms with Gasteiger partial charge in [-0.15, -0.1) is 0 Å². The van der Waals surface area contributed by atoms with Crippen molar-refractivity contribution in [3.8, 4) is 5.75 Å². The first kappa shape index (κ1) is 16.8. The van der Waals surface area contributed by atoms with Crippen LogP contribution in [0.4, 0.5) is 11.5 Å². The number of rotatable bonds is 5. The molecular formula is C18H20N4O3. The van der Waals surface area contributed by atoms with Crippen molar-refractivity contribution in [1.82, 2.24) is 9.88 Å². The third-order valence-electron chi connectivity index (χ3n) is 4.28. The number of carbonyl (C=O) groups excluding carboxylic acids is 2. The molecule has 0 unspecified atom stereocenters. The quantitative estimate of drug-likeness (QED) is 0.865. The van der Waals surface area contributed by atoms with Crippen molar-refractivity contribution in [2.75, 3.05) is 25.5 Å². The second-order valence-electron chi connectivity index (χ2n) is 5.86. The lowest BCUT2D eigenvalue weighted by atomic mass is 10.1. The maximum absolute atomic E-state index is 12.8.